The normalized spacial score (nSPS) is 12.6. The fourth-order valence-corrected chi connectivity index (χ4v) is 3.06. The van der Waals surface area contributed by atoms with Gasteiger partial charge in [0.15, 0.2) is 23.6 Å². The Balaban J connectivity index is 2.15. The Morgan fingerprint density at radius 3 is 2.59 bits per heavy atom. The first-order valence-corrected chi connectivity index (χ1v) is 10.0. The van der Waals surface area contributed by atoms with Gasteiger partial charge in [-0.25, -0.2) is 9.18 Å². The van der Waals surface area contributed by atoms with Crippen molar-refractivity contribution in [2.75, 3.05) is 5.32 Å². The highest BCUT2D eigenvalue weighted by Gasteiger charge is 2.39. The van der Waals surface area contributed by atoms with Crippen LogP contribution >= 0.6 is 11.6 Å². The van der Waals surface area contributed by atoms with E-state index < -0.39 is 53.6 Å². The highest BCUT2D eigenvalue weighted by atomic mass is 35.5. The van der Waals surface area contributed by atoms with E-state index in [9.17, 15) is 32.3 Å². The van der Waals surface area contributed by atoms with Gasteiger partial charge in [0.2, 0.25) is 5.88 Å². The molecular formula is C18H18ClF4N7O4. The van der Waals surface area contributed by atoms with E-state index in [1.165, 1.54) is 6.92 Å². The van der Waals surface area contributed by atoms with Crippen molar-refractivity contribution < 1.29 is 32.2 Å². The monoisotopic (exact) mass is 507 g/mol. The van der Waals surface area contributed by atoms with Gasteiger partial charge in [0, 0.05) is 6.54 Å². The van der Waals surface area contributed by atoms with Gasteiger partial charge >= 0.3 is 11.9 Å². The van der Waals surface area contributed by atoms with Gasteiger partial charge in [0.25, 0.3) is 5.91 Å². The number of anilines is 1. The van der Waals surface area contributed by atoms with Gasteiger partial charge in [-0.15, -0.1) is 5.10 Å². The van der Waals surface area contributed by atoms with Crippen LogP contribution in [0.5, 0.6) is 5.88 Å². The summed E-state index contributed by atoms with van der Waals surface area (Å²) in [7, 11) is 0. The van der Waals surface area contributed by atoms with Crippen molar-refractivity contribution in [2.24, 2.45) is 0 Å². The summed E-state index contributed by atoms with van der Waals surface area (Å²) in [6, 6.07) is 0.551. The van der Waals surface area contributed by atoms with Gasteiger partial charge < -0.3 is 15.2 Å². The molecule has 0 bridgehead atoms. The SMILES string of the molecule is CCn1c(CO)nn(-c2nc(OC(C)C(F)(F)F)c(C(=O)Nc3c(C)n[nH]c3Cl)cc2F)c1=O. The number of nitrogens with one attached hydrogen (secondary N) is 2. The van der Waals surface area contributed by atoms with Crippen molar-refractivity contribution in [1.29, 1.82) is 0 Å². The number of hydrogen-bond donors (Lipinski definition) is 3. The highest BCUT2D eigenvalue weighted by Crippen LogP contribution is 2.29. The first kappa shape index (κ1) is 25.2. The molecule has 3 aromatic heterocycles. The molecule has 0 saturated heterocycles. The molecule has 11 nitrogen and oxygen atoms in total. The van der Waals surface area contributed by atoms with Gasteiger partial charge in [0.05, 0.1) is 5.69 Å². The second-order valence-corrected chi connectivity index (χ2v) is 7.29. The van der Waals surface area contributed by atoms with E-state index >= 15 is 0 Å². The van der Waals surface area contributed by atoms with Crippen LogP contribution in [-0.4, -0.2) is 52.8 Å². The van der Waals surface area contributed by atoms with Crippen molar-refractivity contribution in [2.45, 2.75) is 46.2 Å². The molecule has 184 valence electrons. The molecule has 1 atom stereocenters. The smallest absolute Gasteiger partial charge is 0.425 e. The number of aryl methyl sites for hydroxylation is 1. The maximum atomic E-state index is 15.0. The van der Waals surface area contributed by atoms with Crippen molar-refractivity contribution >= 4 is 23.2 Å². The van der Waals surface area contributed by atoms with Crippen LogP contribution in [0.25, 0.3) is 5.82 Å². The zero-order valence-corrected chi connectivity index (χ0v) is 18.6. The topological polar surface area (TPSA) is 140 Å². The minimum atomic E-state index is -4.85. The zero-order valence-electron chi connectivity index (χ0n) is 17.9. The lowest BCUT2D eigenvalue weighted by Gasteiger charge is -2.19. The molecule has 0 saturated carbocycles. The number of halogens is 5. The van der Waals surface area contributed by atoms with Gasteiger partial charge in [0.1, 0.15) is 23.0 Å². The number of aromatic nitrogens is 6. The number of carbonyl (C=O) groups is 1. The second kappa shape index (κ2) is 9.42. The summed E-state index contributed by atoms with van der Waals surface area (Å²) in [5.41, 5.74) is -1.36. The summed E-state index contributed by atoms with van der Waals surface area (Å²) in [5.74, 6) is -4.24. The van der Waals surface area contributed by atoms with E-state index in [-0.39, 0.29) is 28.9 Å². The van der Waals surface area contributed by atoms with Crippen LogP contribution in [0.2, 0.25) is 5.15 Å². The third-order valence-electron chi connectivity index (χ3n) is 4.66. The first-order chi connectivity index (χ1) is 15.9. The molecule has 1 unspecified atom stereocenters. The van der Waals surface area contributed by atoms with Crippen molar-refractivity contribution in [3.63, 3.8) is 0 Å². The Morgan fingerprint density at radius 1 is 1.41 bits per heavy atom. The molecule has 1 amide bonds. The number of pyridine rings is 1. The second-order valence-electron chi connectivity index (χ2n) is 6.91. The van der Waals surface area contributed by atoms with Crippen LogP contribution < -0.4 is 15.7 Å². The Labute approximate surface area is 193 Å². The third kappa shape index (κ3) is 4.75. The van der Waals surface area contributed by atoms with Crippen molar-refractivity contribution in [3.8, 4) is 11.7 Å². The Kier molecular flexibility index (Phi) is 6.97. The number of H-pyrrole nitrogens is 1. The number of aliphatic hydroxyl groups excluding tert-OH is 1. The van der Waals surface area contributed by atoms with Crippen LogP contribution in [0.1, 0.15) is 35.7 Å². The quantitative estimate of drug-likeness (QED) is 0.417. The molecule has 3 rings (SSSR count). The molecule has 3 N–H and O–H groups in total. The average Bonchev–Trinajstić information content (AvgIpc) is 3.26. The number of aliphatic hydroxyl groups is 1. The fraction of sp³-hybridized carbons (Fsp3) is 0.389. The number of carbonyl (C=O) groups excluding carboxylic acids is 1. The highest BCUT2D eigenvalue weighted by molar-refractivity contribution is 6.33. The third-order valence-corrected chi connectivity index (χ3v) is 4.93. The summed E-state index contributed by atoms with van der Waals surface area (Å²) in [6.45, 7) is 3.10. The summed E-state index contributed by atoms with van der Waals surface area (Å²) in [4.78, 5) is 29.0. The number of amides is 1. The number of hydrogen-bond acceptors (Lipinski definition) is 7. The molecular weight excluding hydrogens is 490 g/mol. The largest absolute Gasteiger partial charge is 0.464 e. The lowest BCUT2D eigenvalue weighted by Crippen LogP contribution is -2.33. The number of aromatic amines is 1. The van der Waals surface area contributed by atoms with Crippen LogP contribution in [0.15, 0.2) is 10.9 Å². The molecule has 0 radical (unpaired) electrons. The Bertz CT molecular complexity index is 1270. The Hall–Kier alpha value is -3.46. The first-order valence-electron chi connectivity index (χ1n) is 9.64. The number of alkyl halides is 3. The lowest BCUT2D eigenvalue weighted by atomic mass is 10.2. The maximum Gasteiger partial charge on any atom is 0.425 e. The fourth-order valence-electron chi connectivity index (χ4n) is 2.84. The molecule has 3 aromatic rings. The predicted molar refractivity (Wildman–Crippen MR) is 110 cm³/mol. The molecule has 0 aliphatic rings. The van der Waals surface area contributed by atoms with Crippen LogP contribution in [0.3, 0.4) is 0 Å². The van der Waals surface area contributed by atoms with Crippen LogP contribution in [-0.2, 0) is 13.2 Å². The standard InChI is InChI=1S/C18H18ClF4N7O4/c1-4-29-11(6-31)28-30(17(29)33)14-10(20)5-9(16(25-14)34-8(3)18(21,22)23)15(32)24-12-7(2)26-27-13(12)19/h5,8,31H,4,6H2,1-3H3,(H,24,32)(H,26,27). The predicted octanol–water partition coefficient (Wildman–Crippen LogP) is 2.35. The summed E-state index contributed by atoms with van der Waals surface area (Å²) in [6.07, 6.45) is -7.29. The minimum absolute atomic E-state index is 0.0106. The maximum absolute atomic E-state index is 15.0. The van der Waals surface area contributed by atoms with E-state index in [4.69, 9.17) is 16.3 Å². The molecule has 0 aromatic carbocycles. The molecule has 34 heavy (non-hydrogen) atoms. The number of ether oxygens (including phenoxy) is 1. The molecule has 0 spiro atoms. The van der Waals surface area contributed by atoms with Gasteiger partial charge in [-0.3, -0.25) is 14.5 Å². The summed E-state index contributed by atoms with van der Waals surface area (Å²) in [5, 5.41) is 21.5. The van der Waals surface area contributed by atoms with Crippen molar-refractivity contribution in [1.82, 2.24) is 29.5 Å². The summed E-state index contributed by atoms with van der Waals surface area (Å²) >= 11 is 5.89. The number of nitrogens with zero attached hydrogens (tertiary/aromatic N) is 5. The lowest BCUT2D eigenvalue weighted by molar-refractivity contribution is -0.190. The summed E-state index contributed by atoms with van der Waals surface area (Å²) < 4.78 is 60.7. The van der Waals surface area contributed by atoms with Crippen LogP contribution in [0.4, 0.5) is 23.2 Å². The molecule has 0 aliphatic heterocycles. The van der Waals surface area contributed by atoms with Gasteiger partial charge in [-0.2, -0.15) is 27.9 Å². The van der Waals surface area contributed by atoms with E-state index in [0.29, 0.717) is 17.7 Å². The molecule has 0 aliphatic carbocycles. The zero-order chi connectivity index (χ0) is 25.4. The Morgan fingerprint density at radius 2 is 2.09 bits per heavy atom. The molecule has 3 heterocycles. The number of rotatable bonds is 7. The van der Waals surface area contributed by atoms with Crippen molar-refractivity contribution in [3.05, 3.63) is 44.6 Å². The van der Waals surface area contributed by atoms with E-state index in [1.54, 1.807) is 6.92 Å². The van der Waals surface area contributed by atoms with E-state index in [1.807, 2.05) is 0 Å². The van der Waals surface area contributed by atoms with E-state index in [0.717, 1.165) is 4.57 Å². The van der Waals surface area contributed by atoms with Gasteiger partial charge in [-0.05, 0) is 26.8 Å². The molecule has 16 heteroatoms. The van der Waals surface area contributed by atoms with Gasteiger partial charge in [-0.1, -0.05) is 11.6 Å². The van der Waals surface area contributed by atoms with E-state index in [2.05, 4.69) is 25.6 Å². The minimum Gasteiger partial charge on any atom is -0.464 e. The van der Waals surface area contributed by atoms with Crippen LogP contribution in [0, 0.1) is 12.7 Å². The average molecular weight is 508 g/mol. The molecule has 0 fully saturated rings.